The van der Waals surface area contributed by atoms with E-state index in [0.717, 1.165) is 5.56 Å². The minimum absolute atomic E-state index is 0.102. The second kappa shape index (κ2) is 7.00. The Kier molecular flexibility index (Phi) is 5.07. The van der Waals surface area contributed by atoms with E-state index in [1.807, 2.05) is 24.3 Å². The van der Waals surface area contributed by atoms with Gasteiger partial charge in [0.25, 0.3) is 0 Å². The molecule has 0 bridgehead atoms. The summed E-state index contributed by atoms with van der Waals surface area (Å²) in [6, 6.07) is 14.2. The molecule has 0 radical (unpaired) electrons. The molecule has 4 N–H and O–H groups in total. The third kappa shape index (κ3) is 3.61. The fourth-order valence-electron chi connectivity index (χ4n) is 3.39. The molecule has 140 valence electrons. The summed E-state index contributed by atoms with van der Waals surface area (Å²) in [6.07, 6.45) is 0.219. The zero-order valence-electron chi connectivity index (χ0n) is 14.5. The van der Waals surface area contributed by atoms with Crippen molar-refractivity contribution in [1.82, 2.24) is 0 Å². The number of rotatable bonds is 5. The lowest BCUT2D eigenvalue weighted by Gasteiger charge is -2.30. The second-order valence-corrected chi connectivity index (χ2v) is 8.85. The number of para-hydroxylation sites is 1. The van der Waals surface area contributed by atoms with Crippen molar-refractivity contribution in [3.05, 3.63) is 54.1 Å². The van der Waals surface area contributed by atoms with Crippen LogP contribution in [0.5, 0.6) is 5.75 Å². The van der Waals surface area contributed by atoms with Crippen LogP contribution < -0.4 is 5.14 Å². The average Bonchev–Trinajstić information content (AvgIpc) is 2.96. The maximum Gasteiger partial charge on any atom is 0.211 e. The van der Waals surface area contributed by atoms with Crippen molar-refractivity contribution in [3.8, 4) is 16.9 Å². The molecule has 0 aromatic heterocycles. The topological polar surface area (TPSA) is 110 Å². The highest BCUT2D eigenvalue weighted by atomic mass is 32.2. The highest BCUT2D eigenvalue weighted by Gasteiger charge is 2.45. The Bertz CT molecular complexity index is 881. The van der Waals surface area contributed by atoms with Gasteiger partial charge in [0, 0.05) is 11.5 Å². The van der Waals surface area contributed by atoms with Crippen LogP contribution >= 0.6 is 0 Å². The molecule has 1 saturated heterocycles. The summed E-state index contributed by atoms with van der Waals surface area (Å²) in [4.78, 5) is 0. The standard InChI is InChI=1S/C19H23NO5S/c1-13(26(20,23)24)10-16-11-25-12-19(16,22)15-8-6-14(7-9-15)17-4-2-3-5-18(17)21/h2-9,13,16,21-22H,10-12H2,1H3,(H2,20,23,24). The van der Waals surface area contributed by atoms with E-state index in [0.29, 0.717) is 11.1 Å². The van der Waals surface area contributed by atoms with E-state index in [4.69, 9.17) is 9.88 Å². The number of nitrogens with two attached hydrogens (primary N) is 1. The normalized spacial score (nSPS) is 24.5. The number of benzene rings is 2. The van der Waals surface area contributed by atoms with Crippen molar-refractivity contribution >= 4 is 10.0 Å². The van der Waals surface area contributed by atoms with Crippen LogP contribution in [-0.2, 0) is 20.4 Å². The predicted molar refractivity (Wildman–Crippen MR) is 98.9 cm³/mol. The number of phenols is 1. The monoisotopic (exact) mass is 377 g/mol. The van der Waals surface area contributed by atoms with E-state index in [1.54, 1.807) is 24.3 Å². The molecule has 1 aliphatic heterocycles. The second-order valence-electron chi connectivity index (χ2n) is 6.87. The molecule has 3 unspecified atom stereocenters. The van der Waals surface area contributed by atoms with Crippen molar-refractivity contribution in [3.63, 3.8) is 0 Å². The van der Waals surface area contributed by atoms with Gasteiger partial charge in [0.15, 0.2) is 0 Å². The van der Waals surface area contributed by atoms with Crippen LogP contribution in [0.4, 0.5) is 0 Å². The number of phenolic OH excluding ortho intramolecular Hbond substituents is 1. The first-order valence-corrected chi connectivity index (χ1v) is 10.0. The van der Waals surface area contributed by atoms with E-state index < -0.39 is 20.9 Å². The third-order valence-electron chi connectivity index (χ3n) is 5.09. The van der Waals surface area contributed by atoms with Gasteiger partial charge in [0.2, 0.25) is 10.0 Å². The van der Waals surface area contributed by atoms with Crippen molar-refractivity contribution in [2.75, 3.05) is 13.2 Å². The van der Waals surface area contributed by atoms with Gasteiger partial charge in [-0.15, -0.1) is 0 Å². The van der Waals surface area contributed by atoms with Crippen molar-refractivity contribution in [2.24, 2.45) is 11.1 Å². The van der Waals surface area contributed by atoms with Crippen LogP contribution in [0.2, 0.25) is 0 Å². The zero-order chi connectivity index (χ0) is 18.9. The summed E-state index contributed by atoms with van der Waals surface area (Å²) < 4.78 is 28.5. The molecule has 3 atom stereocenters. The highest BCUT2D eigenvalue weighted by molar-refractivity contribution is 7.89. The number of aromatic hydroxyl groups is 1. The largest absolute Gasteiger partial charge is 0.507 e. The Labute approximate surface area is 153 Å². The Morgan fingerprint density at radius 3 is 2.50 bits per heavy atom. The molecule has 6 nitrogen and oxygen atoms in total. The van der Waals surface area contributed by atoms with Gasteiger partial charge in [-0.3, -0.25) is 0 Å². The minimum Gasteiger partial charge on any atom is -0.507 e. The maximum atomic E-state index is 11.5. The summed E-state index contributed by atoms with van der Waals surface area (Å²) in [6.45, 7) is 1.91. The van der Waals surface area contributed by atoms with Gasteiger partial charge in [-0.2, -0.15) is 0 Å². The highest BCUT2D eigenvalue weighted by Crippen LogP contribution is 2.40. The lowest BCUT2D eigenvalue weighted by molar-refractivity contribution is -0.00577. The number of aliphatic hydroxyl groups is 1. The van der Waals surface area contributed by atoms with Gasteiger partial charge in [0.05, 0.1) is 18.5 Å². The van der Waals surface area contributed by atoms with E-state index in [9.17, 15) is 18.6 Å². The zero-order valence-corrected chi connectivity index (χ0v) is 15.3. The Hall–Kier alpha value is -1.93. The van der Waals surface area contributed by atoms with Gasteiger partial charge in [-0.1, -0.05) is 42.5 Å². The smallest absolute Gasteiger partial charge is 0.211 e. The van der Waals surface area contributed by atoms with Crippen LogP contribution in [0.1, 0.15) is 18.9 Å². The number of hydrogen-bond donors (Lipinski definition) is 3. The first kappa shape index (κ1) is 18.8. The molecule has 0 saturated carbocycles. The molecule has 26 heavy (non-hydrogen) atoms. The van der Waals surface area contributed by atoms with Gasteiger partial charge in [-0.05, 0) is 30.5 Å². The fourth-order valence-corrected chi connectivity index (χ4v) is 3.89. The first-order chi connectivity index (χ1) is 12.2. The molecule has 0 aliphatic carbocycles. The van der Waals surface area contributed by atoms with Gasteiger partial charge in [0.1, 0.15) is 11.4 Å². The first-order valence-electron chi connectivity index (χ1n) is 8.42. The minimum atomic E-state index is -3.66. The van der Waals surface area contributed by atoms with Crippen LogP contribution in [0.15, 0.2) is 48.5 Å². The molecule has 1 aliphatic rings. The van der Waals surface area contributed by atoms with Crippen molar-refractivity contribution in [2.45, 2.75) is 24.2 Å². The maximum absolute atomic E-state index is 11.5. The molecular weight excluding hydrogens is 354 g/mol. The lowest BCUT2D eigenvalue weighted by Crippen LogP contribution is -2.38. The van der Waals surface area contributed by atoms with Crippen LogP contribution in [0, 0.1) is 5.92 Å². The lowest BCUT2D eigenvalue weighted by atomic mass is 9.81. The van der Waals surface area contributed by atoms with E-state index in [-0.39, 0.29) is 31.3 Å². The van der Waals surface area contributed by atoms with Gasteiger partial charge < -0.3 is 14.9 Å². The third-order valence-corrected chi connectivity index (χ3v) is 6.41. The molecule has 3 rings (SSSR count). The summed E-state index contributed by atoms with van der Waals surface area (Å²) in [5.41, 5.74) is 0.911. The number of ether oxygens (including phenoxy) is 1. The van der Waals surface area contributed by atoms with Crippen LogP contribution in [0.3, 0.4) is 0 Å². The van der Waals surface area contributed by atoms with Gasteiger partial charge in [-0.25, -0.2) is 13.6 Å². The average molecular weight is 377 g/mol. The summed E-state index contributed by atoms with van der Waals surface area (Å²) in [5.74, 6) is -0.185. The quantitative estimate of drug-likeness (QED) is 0.738. The Morgan fingerprint density at radius 2 is 1.88 bits per heavy atom. The Morgan fingerprint density at radius 1 is 1.23 bits per heavy atom. The Balaban J connectivity index is 1.86. The van der Waals surface area contributed by atoms with Crippen LogP contribution in [0.25, 0.3) is 11.1 Å². The SMILES string of the molecule is CC(CC1COCC1(O)c1ccc(-c2ccccc2O)cc1)S(N)(=O)=O. The molecule has 2 aromatic carbocycles. The number of primary sulfonamides is 1. The van der Waals surface area contributed by atoms with Crippen LogP contribution in [-0.4, -0.2) is 37.1 Å². The van der Waals surface area contributed by atoms with Crippen molar-refractivity contribution < 1.29 is 23.4 Å². The molecule has 1 fully saturated rings. The molecular formula is C19H23NO5S. The molecule has 0 spiro atoms. The number of sulfonamides is 1. The van der Waals surface area contributed by atoms with E-state index in [1.165, 1.54) is 6.92 Å². The predicted octanol–water partition coefficient (Wildman–Crippen LogP) is 1.96. The number of hydrogen-bond acceptors (Lipinski definition) is 5. The summed E-state index contributed by atoms with van der Waals surface area (Å²) in [7, 11) is -3.66. The molecule has 7 heteroatoms. The van der Waals surface area contributed by atoms with E-state index in [2.05, 4.69) is 0 Å². The van der Waals surface area contributed by atoms with Gasteiger partial charge >= 0.3 is 0 Å². The van der Waals surface area contributed by atoms with Crippen molar-refractivity contribution in [1.29, 1.82) is 0 Å². The summed E-state index contributed by atoms with van der Waals surface area (Å²) >= 11 is 0. The fraction of sp³-hybridized carbons (Fsp3) is 0.368. The molecule has 1 heterocycles. The molecule has 0 amide bonds. The summed E-state index contributed by atoms with van der Waals surface area (Å²) in [5, 5.41) is 25.6. The van der Waals surface area contributed by atoms with E-state index >= 15 is 0 Å². The molecule has 2 aromatic rings.